The van der Waals surface area contributed by atoms with Crippen LogP contribution >= 0.6 is 11.6 Å². The maximum atomic E-state index is 13.6. The Morgan fingerprint density at radius 3 is 2.30 bits per heavy atom. The van der Waals surface area contributed by atoms with Crippen molar-refractivity contribution in [1.82, 2.24) is 4.90 Å². The zero-order chi connectivity index (χ0) is 16.6. The van der Waals surface area contributed by atoms with Gasteiger partial charge in [-0.3, -0.25) is 4.79 Å². The lowest BCUT2D eigenvalue weighted by Gasteiger charge is -2.38. The summed E-state index contributed by atoms with van der Waals surface area (Å²) in [5.41, 5.74) is -0.0464. The Balaban J connectivity index is 1.72. The van der Waals surface area contributed by atoms with Crippen molar-refractivity contribution >= 4 is 27.3 Å². The molecule has 0 atom stereocenters. The molecule has 23 heavy (non-hydrogen) atoms. The topological polar surface area (TPSA) is 54.5 Å². The Bertz CT molecular complexity index is 846. The van der Waals surface area contributed by atoms with Gasteiger partial charge in [0, 0.05) is 18.1 Å². The fourth-order valence-corrected chi connectivity index (χ4v) is 4.20. The number of halogens is 2. The minimum absolute atomic E-state index is 0.0464. The molecule has 0 N–H and O–H groups in total. The van der Waals surface area contributed by atoms with Gasteiger partial charge in [-0.25, -0.2) is 12.8 Å². The Morgan fingerprint density at radius 1 is 1.09 bits per heavy atom. The van der Waals surface area contributed by atoms with Gasteiger partial charge in [-0.1, -0.05) is 23.7 Å². The maximum absolute atomic E-state index is 13.6. The maximum Gasteiger partial charge on any atom is 0.256 e. The van der Waals surface area contributed by atoms with Gasteiger partial charge in [0.05, 0.1) is 10.5 Å². The lowest BCUT2D eigenvalue weighted by Crippen LogP contribution is -2.56. The van der Waals surface area contributed by atoms with E-state index in [0.717, 1.165) is 0 Å². The van der Waals surface area contributed by atoms with Gasteiger partial charge < -0.3 is 4.90 Å². The Morgan fingerprint density at radius 2 is 1.70 bits per heavy atom. The highest BCUT2D eigenvalue weighted by molar-refractivity contribution is 7.92. The third-order valence-electron chi connectivity index (χ3n) is 3.82. The normalized spacial score (nSPS) is 15.3. The van der Waals surface area contributed by atoms with E-state index in [0.29, 0.717) is 5.02 Å². The number of sulfone groups is 1. The first kappa shape index (κ1) is 16.0. The van der Waals surface area contributed by atoms with Gasteiger partial charge in [0.15, 0.2) is 9.84 Å². The molecule has 0 aliphatic carbocycles. The molecule has 7 heteroatoms. The first-order chi connectivity index (χ1) is 10.9. The van der Waals surface area contributed by atoms with Gasteiger partial charge in [0.2, 0.25) is 0 Å². The smallest absolute Gasteiger partial charge is 0.256 e. The van der Waals surface area contributed by atoms with Crippen molar-refractivity contribution in [1.29, 1.82) is 0 Å². The van der Waals surface area contributed by atoms with Crippen LogP contribution in [-0.2, 0) is 9.84 Å². The monoisotopic (exact) mass is 353 g/mol. The summed E-state index contributed by atoms with van der Waals surface area (Å²) in [6, 6.07) is 11.6. The number of nitrogens with zero attached hydrogens (tertiary/aromatic N) is 1. The van der Waals surface area contributed by atoms with Crippen LogP contribution in [0.25, 0.3) is 0 Å². The number of carbonyl (C=O) groups is 1. The molecular weight excluding hydrogens is 341 g/mol. The first-order valence-electron chi connectivity index (χ1n) is 6.93. The second-order valence-corrected chi connectivity index (χ2v) is 7.98. The minimum Gasteiger partial charge on any atom is -0.336 e. The number of amides is 1. The zero-order valence-electron chi connectivity index (χ0n) is 11.9. The van der Waals surface area contributed by atoms with Gasteiger partial charge in [-0.2, -0.15) is 0 Å². The van der Waals surface area contributed by atoms with E-state index in [1.165, 1.54) is 47.4 Å². The quantitative estimate of drug-likeness (QED) is 0.852. The minimum atomic E-state index is -3.52. The molecule has 2 aromatic carbocycles. The summed E-state index contributed by atoms with van der Waals surface area (Å²) in [6.45, 7) is 0.107. The van der Waals surface area contributed by atoms with Crippen molar-refractivity contribution in [3.8, 4) is 0 Å². The highest BCUT2D eigenvalue weighted by Gasteiger charge is 2.41. The molecule has 1 aliphatic heterocycles. The number of hydrogen-bond acceptors (Lipinski definition) is 3. The molecule has 1 amide bonds. The number of benzene rings is 2. The van der Waals surface area contributed by atoms with E-state index in [-0.39, 0.29) is 23.5 Å². The van der Waals surface area contributed by atoms with Crippen LogP contribution in [0.2, 0.25) is 5.02 Å². The van der Waals surface area contributed by atoms with Gasteiger partial charge in [0.25, 0.3) is 5.91 Å². The molecule has 0 saturated carbocycles. The fourth-order valence-electron chi connectivity index (χ4n) is 2.42. The van der Waals surface area contributed by atoms with Crippen molar-refractivity contribution in [3.05, 3.63) is 64.9 Å². The van der Waals surface area contributed by atoms with Crippen LogP contribution in [0.15, 0.2) is 53.4 Å². The lowest BCUT2D eigenvalue weighted by molar-refractivity contribution is 0.0654. The number of carbonyl (C=O) groups excluding carboxylic acids is 1. The Labute approximate surface area is 138 Å². The summed E-state index contributed by atoms with van der Waals surface area (Å²) in [5.74, 6) is -1.10. The van der Waals surface area contributed by atoms with E-state index in [4.69, 9.17) is 11.6 Å². The molecule has 0 aromatic heterocycles. The van der Waals surface area contributed by atoms with E-state index in [9.17, 15) is 17.6 Å². The molecule has 1 fully saturated rings. The summed E-state index contributed by atoms with van der Waals surface area (Å²) in [5, 5.41) is -0.228. The number of hydrogen-bond donors (Lipinski definition) is 0. The zero-order valence-corrected chi connectivity index (χ0v) is 13.5. The summed E-state index contributed by atoms with van der Waals surface area (Å²) < 4.78 is 38.5. The van der Waals surface area contributed by atoms with Crippen molar-refractivity contribution in [3.63, 3.8) is 0 Å². The highest BCUT2D eigenvalue weighted by Crippen LogP contribution is 2.26. The molecule has 1 saturated heterocycles. The summed E-state index contributed by atoms with van der Waals surface area (Å²) in [6.07, 6.45) is 0. The van der Waals surface area contributed by atoms with E-state index < -0.39 is 26.8 Å². The van der Waals surface area contributed by atoms with Crippen molar-refractivity contribution < 1.29 is 17.6 Å². The third-order valence-corrected chi connectivity index (χ3v) is 6.18. The van der Waals surface area contributed by atoms with E-state index in [1.54, 1.807) is 6.07 Å². The molecule has 120 valence electrons. The first-order valence-corrected chi connectivity index (χ1v) is 8.85. The van der Waals surface area contributed by atoms with Gasteiger partial charge in [0.1, 0.15) is 11.1 Å². The van der Waals surface area contributed by atoms with Crippen LogP contribution in [0, 0.1) is 5.82 Å². The molecule has 1 heterocycles. The van der Waals surface area contributed by atoms with E-state index >= 15 is 0 Å². The Hall–Kier alpha value is -1.92. The van der Waals surface area contributed by atoms with E-state index in [1.807, 2.05) is 0 Å². The van der Waals surface area contributed by atoms with Crippen molar-refractivity contribution in [2.24, 2.45) is 0 Å². The van der Waals surface area contributed by atoms with Crippen molar-refractivity contribution in [2.75, 3.05) is 13.1 Å². The standard InChI is InChI=1S/C16H13ClFNO3S/c17-11-5-7-12(8-6-11)23(21,22)13-9-19(10-13)16(20)14-3-1-2-4-15(14)18/h1-8,13H,9-10H2. The van der Waals surface area contributed by atoms with Gasteiger partial charge >= 0.3 is 0 Å². The number of rotatable bonds is 3. The second-order valence-electron chi connectivity index (χ2n) is 5.31. The molecule has 2 aromatic rings. The van der Waals surface area contributed by atoms with E-state index in [2.05, 4.69) is 0 Å². The molecule has 0 spiro atoms. The van der Waals surface area contributed by atoms with Crippen LogP contribution in [0.1, 0.15) is 10.4 Å². The molecule has 0 radical (unpaired) electrons. The molecular formula is C16H13ClFNO3S. The summed E-state index contributed by atoms with van der Waals surface area (Å²) in [4.78, 5) is 13.7. The van der Waals surface area contributed by atoms with Crippen molar-refractivity contribution in [2.45, 2.75) is 10.1 Å². The molecule has 4 nitrogen and oxygen atoms in total. The summed E-state index contributed by atoms with van der Waals surface area (Å²) in [7, 11) is -3.52. The predicted octanol–water partition coefficient (Wildman–Crippen LogP) is 2.78. The van der Waals surface area contributed by atoms with Crippen LogP contribution in [0.4, 0.5) is 4.39 Å². The van der Waals surface area contributed by atoms with Crippen LogP contribution in [-0.4, -0.2) is 37.6 Å². The van der Waals surface area contributed by atoms with Crippen LogP contribution in [0.3, 0.4) is 0 Å². The Kier molecular flexibility index (Phi) is 4.12. The van der Waals surface area contributed by atoms with Crippen LogP contribution in [0.5, 0.6) is 0 Å². The average molecular weight is 354 g/mol. The second kappa shape index (κ2) is 5.94. The lowest BCUT2D eigenvalue weighted by atomic mass is 10.1. The molecule has 0 unspecified atom stereocenters. The molecule has 1 aliphatic rings. The third kappa shape index (κ3) is 2.96. The molecule has 0 bridgehead atoms. The van der Waals surface area contributed by atoms with Gasteiger partial charge in [-0.05, 0) is 36.4 Å². The highest BCUT2D eigenvalue weighted by atomic mass is 35.5. The molecule has 3 rings (SSSR count). The largest absolute Gasteiger partial charge is 0.336 e. The van der Waals surface area contributed by atoms with Crippen LogP contribution < -0.4 is 0 Å². The fraction of sp³-hybridized carbons (Fsp3) is 0.188. The average Bonchev–Trinajstić information content (AvgIpc) is 2.46. The predicted molar refractivity (Wildman–Crippen MR) is 84.7 cm³/mol. The SMILES string of the molecule is O=C(c1ccccc1F)N1CC(S(=O)(=O)c2ccc(Cl)cc2)C1. The number of likely N-dealkylation sites (tertiary alicyclic amines) is 1. The van der Waals surface area contributed by atoms with Gasteiger partial charge in [-0.15, -0.1) is 0 Å². The summed E-state index contributed by atoms with van der Waals surface area (Å²) >= 11 is 5.75.